The lowest BCUT2D eigenvalue weighted by Gasteiger charge is -2.17. The molecule has 0 bridgehead atoms. The van der Waals surface area contributed by atoms with Gasteiger partial charge in [-0.15, -0.1) is 0 Å². The number of carbonyl (C=O) groups excluding carboxylic acids is 2. The molecule has 7 nitrogen and oxygen atoms in total. The van der Waals surface area contributed by atoms with Crippen molar-refractivity contribution < 1.29 is 23.8 Å². The second kappa shape index (κ2) is 10.1. The highest BCUT2D eigenvalue weighted by Crippen LogP contribution is 2.11. The highest BCUT2D eigenvalue weighted by molar-refractivity contribution is 5.97. The number of hydrogen-bond acceptors (Lipinski definition) is 6. The van der Waals surface area contributed by atoms with E-state index < -0.39 is 17.9 Å². The lowest BCUT2D eigenvalue weighted by Crippen LogP contribution is -2.43. The molecule has 2 rings (SSSR count). The number of amides is 1. The van der Waals surface area contributed by atoms with Gasteiger partial charge in [-0.25, -0.2) is 9.78 Å². The molecule has 1 N–H and O–H groups in total. The average molecular weight is 358 g/mol. The van der Waals surface area contributed by atoms with Crippen LogP contribution in [-0.4, -0.2) is 50.3 Å². The Balaban J connectivity index is 2.06. The smallest absolute Gasteiger partial charge is 0.328 e. The minimum atomic E-state index is -0.791. The van der Waals surface area contributed by atoms with Gasteiger partial charge in [-0.3, -0.25) is 4.79 Å². The van der Waals surface area contributed by atoms with Gasteiger partial charge in [0.2, 0.25) is 5.88 Å². The standard InChI is InChI=1S/C19H22N2O5/c1-24-10-11-26-17-13-15(8-9-20-17)18(22)21-16(19(23)25-2)12-14-6-4-3-5-7-14/h3-9,13,16H,10-12H2,1-2H3,(H,21,22)/t16-/m1/s1. The topological polar surface area (TPSA) is 86.8 Å². The van der Waals surface area contributed by atoms with E-state index in [9.17, 15) is 9.59 Å². The Morgan fingerprint density at radius 1 is 1.12 bits per heavy atom. The summed E-state index contributed by atoms with van der Waals surface area (Å²) in [7, 11) is 2.86. The number of methoxy groups -OCH3 is 2. The van der Waals surface area contributed by atoms with E-state index in [4.69, 9.17) is 14.2 Å². The van der Waals surface area contributed by atoms with Crippen LogP contribution in [0.3, 0.4) is 0 Å². The van der Waals surface area contributed by atoms with Crippen LogP contribution < -0.4 is 10.1 Å². The number of nitrogens with zero attached hydrogens (tertiary/aromatic N) is 1. The predicted molar refractivity (Wildman–Crippen MR) is 95.0 cm³/mol. The fraction of sp³-hybridized carbons (Fsp3) is 0.316. The summed E-state index contributed by atoms with van der Waals surface area (Å²) in [6, 6.07) is 11.7. The maximum absolute atomic E-state index is 12.5. The number of esters is 1. The van der Waals surface area contributed by atoms with Crippen LogP contribution >= 0.6 is 0 Å². The van der Waals surface area contributed by atoms with Gasteiger partial charge in [0.05, 0.1) is 13.7 Å². The first-order valence-electron chi connectivity index (χ1n) is 8.14. The molecular weight excluding hydrogens is 336 g/mol. The Morgan fingerprint density at radius 2 is 1.88 bits per heavy atom. The molecule has 1 aromatic heterocycles. The Bertz CT molecular complexity index is 721. The molecule has 138 valence electrons. The zero-order valence-electron chi connectivity index (χ0n) is 14.8. The molecule has 0 fully saturated rings. The summed E-state index contributed by atoms with van der Waals surface area (Å²) in [6.07, 6.45) is 1.81. The van der Waals surface area contributed by atoms with Crippen molar-refractivity contribution in [1.82, 2.24) is 10.3 Å². The summed E-state index contributed by atoms with van der Waals surface area (Å²) >= 11 is 0. The third-order valence-electron chi connectivity index (χ3n) is 3.61. The lowest BCUT2D eigenvalue weighted by molar-refractivity contribution is -0.142. The molecule has 2 aromatic rings. The molecule has 1 atom stereocenters. The first kappa shape index (κ1) is 19.4. The molecule has 0 unspecified atom stereocenters. The molecule has 0 spiro atoms. The van der Waals surface area contributed by atoms with Crippen LogP contribution in [0.4, 0.5) is 0 Å². The molecule has 1 amide bonds. The van der Waals surface area contributed by atoms with Crippen LogP contribution in [0, 0.1) is 0 Å². The van der Waals surface area contributed by atoms with Gasteiger partial charge in [0.1, 0.15) is 12.6 Å². The van der Waals surface area contributed by atoms with Crippen LogP contribution in [0.2, 0.25) is 0 Å². The van der Waals surface area contributed by atoms with Crippen molar-refractivity contribution in [2.45, 2.75) is 12.5 Å². The lowest BCUT2D eigenvalue weighted by atomic mass is 10.1. The maximum atomic E-state index is 12.5. The quantitative estimate of drug-likeness (QED) is 0.541. The zero-order valence-corrected chi connectivity index (χ0v) is 14.8. The number of benzene rings is 1. The van der Waals surface area contributed by atoms with Crippen molar-refractivity contribution in [2.24, 2.45) is 0 Å². The highest BCUT2D eigenvalue weighted by atomic mass is 16.5. The number of rotatable bonds is 9. The third kappa shape index (κ3) is 5.86. The number of ether oxygens (including phenoxy) is 3. The van der Waals surface area contributed by atoms with E-state index in [1.54, 1.807) is 13.2 Å². The SMILES string of the molecule is COCCOc1cc(C(=O)N[C@H](Cc2ccccc2)C(=O)OC)ccn1. The molecule has 0 aliphatic rings. The van der Waals surface area contributed by atoms with Crippen LogP contribution in [0.5, 0.6) is 5.88 Å². The summed E-state index contributed by atoms with van der Waals surface area (Å²) in [6.45, 7) is 0.743. The van der Waals surface area contributed by atoms with E-state index in [2.05, 4.69) is 10.3 Å². The normalized spacial score (nSPS) is 11.5. The molecule has 0 radical (unpaired) electrons. The second-order valence-corrected chi connectivity index (χ2v) is 5.46. The number of pyridine rings is 1. The van der Waals surface area contributed by atoms with Gasteiger partial charge < -0.3 is 19.5 Å². The van der Waals surface area contributed by atoms with Crippen molar-refractivity contribution in [2.75, 3.05) is 27.4 Å². The van der Waals surface area contributed by atoms with Gasteiger partial charge in [-0.1, -0.05) is 30.3 Å². The van der Waals surface area contributed by atoms with Crippen molar-refractivity contribution in [1.29, 1.82) is 0 Å². The van der Waals surface area contributed by atoms with Crippen LogP contribution in [-0.2, 0) is 20.7 Å². The van der Waals surface area contributed by atoms with Crippen LogP contribution in [0.25, 0.3) is 0 Å². The summed E-state index contributed by atoms with van der Waals surface area (Å²) < 4.78 is 15.1. The van der Waals surface area contributed by atoms with Gasteiger partial charge in [0.25, 0.3) is 5.91 Å². The number of carbonyl (C=O) groups is 2. The minimum absolute atomic E-state index is 0.312. The highest BCUT2D eigenvalue weighted by Gasteiger charge is 2.22. The molecule has 0 aliphatic heterocycles. The molecule has 0 saturated carbocycles. The molecule has 7 heteroatoms. The first-order chi connectivity index (χ1) is 12.6. The summed E-state index contributed by atoms with van der Waals surface area (Å²) in [5, 5.41) is 2.71. The van der Waals surface area contributed by atoms with Crippen molar-refractivity contribution in [3.05, 3.63) is 59.8 Å². The van der Waals surface area contributed by atoms with E-state index in [0.717, 1.165) is 5.56 Å². The number of nitrogens with one attached hydrogen (secondary N) is 1. The third-order valence-corrected chi connectivity index (χ3v) is 3.61. The predicted octanol–water partition coefficient (Wildman–Crippen LogP) is 1.62. The van der Waals surface area contributed by atoms with Gasteiger partial charge in [0, 0.05) is 31.4 Å². The zero-order chi connectivity index (χ0) is 18.8. The Kier molecular flexibility index (Phi) is 7.57. The van der Waals surface area contributed by atoms with E-state index in [-0.39, 0.29) is 0 Å². The molecule has 1 heterocycles. The Hall–Kier alpha value is -2.93. The Labute approximate surface area is 152 Å². The van der Waals surface area contributed by atoms with E-state index in [0.29, 0.717) is 31.1 Å². The van der Waals surface area contributed by atoms with Gasteiger partial charge >= 0.3 is 5.97 Å². The van der Waals surface area contributed by atoms with Crippen LogP contribution in [0.15, 0.2) is 48.7 Å². The molecule has 26 heavy (non-hydrogen) atoms. The van der Waals surface area contributed by atoms with E-state index in [1.807, 2.05) is 30.3 Å². The van der Waals surface area contributed by atoms with E-state index >= 15 is 0 Å². The minimum Gasteiger partial charge on any atom is -0.475 e. The summed E-state index contributed by atoms with van der Waals surface area (Å²) in [4.78, 5) is 28.6. The molecule has 1 aromatic carbocycles. The first-order valence-corrected chi connectivity index (χ1v) is 8.14. The van der Waals surface area contributed by atoms with Crippen molar-refractivity contribution >= 4 is 11.9 Å². The van der Waals surface area contributed by atoms with Crippen molar-refractivity contribution in [3.8, 4) is 5.88 Å². The monoisotopic (exact) mass is 358 g/mol. The number of aromatic nitrogens is 1. The van der Waals surface area contributed by atoms with Crippen molar-refractivity contribution in [3.63, 3.8) is 0 Å². The molecule has 0 saturated heterocycles. The summed E-state index contributed by atoms with van der Waals surface area (Å²) in [5.74, 6) is -0.601. The largest absolute Gasteiger partial charge is 0.475 e. The van der Waals surface area contributed by atoms with Gasteiger partial charge in [0.15, 0.2) is 0 Å². The Morgan fingerprint density at radius 3 is 2.58 bits per heavy atom. The molecular formula is C19H22N2O5. The van der Waals surface area contributed by atoms with Gasteiger partial charge in [-0.2, -0.15) is 0 Å². The molecule has 0 aliphatic carbocycles. The fourth-order valence-corrected chi connectivity index (χ4v) is 2.29. The second-order valence-electron chi connectivity index (χ2n) is 5.46. The fourth-order valence-electron chi connectivity index (χ4n) is 2.29. The number of hydrogen-bond donors (Lipinski definition) is 1. The summed E-state index contributed by atoms with van der Waals surface area (Å²) in [5.41, 5.74) is 1.26. The van der Waals surface area contributed by atoms with Crippen LogP contribution in [0.1, 0.15) is 15.9 Å². The average Bonchev–Trinajstić information content (AvgIpc) is 2.68. The van der Waals surface area contributed by atoms with E-state index in [1.165, 1.54) is 19.4 Å². The maximum Gasteiger partial charge on any atom is 0.328 e. The van der Waals surface area contributed by atoms with Gasteiger partial charge in [-0.05, 0) is 11.6 Å².